The minimum atomic E-state index is -0.0802. The lowest BCUT2D eigenvalue weighted by atomic mass is 9.85. The summed E-state index contributed by atoms with van der Waals surface area (Å²) >= 11 is 0. The predicted molar refractivity (Wildman–Crippen MR) is 159 cm³/mol. The molecule has 0 saturated heterocycles. The van der Waals surface area contributed by atoms with E-state index in [2.05, 4.69) is 63.2 Å². The van der Waals surface area contributed by atoms with Gasteiger partial charge in [0.25, 0.3) is 0 Å². The Morgan fingerprint density at radius 3 is 2.36 bits per heavy atom. The van der Waals surface area contributed by atoms with Crippen molar-refractivity contribution >= 4 is 33.8 Å². The van der Waals surface area contributed by atoms with Gasteiger partial charge in [0, 0.05) is 17.3 Å². The predicted octanol–water partition coefficient (Wildman–Crippen LogP) is 9.23. The molecule has 0 unspecified atom stereocenters. The first-order valence-electron chi connectivity index (χ1n) is 13.0. The zero-order valence-electron chi connectivity index (χ0n) is 22.1. The third-order valence-electron chi connectivity index (χ3n) is 6.99. The topological polar surface area (TPSA) is 62.2 Å². The van der Waals surface area contributed by atoms with E-state index in [1.165, 1.54) is 5.39 Å². The maximum Gasteiger partial charge on any atom is 0.229 e. The second-order valence-electron chi connectivity index (χ2n) is 10.7. The summed E-state index contributed by atoms with van der Waals surface area (Å²) in [5.74, 6) is 0.525. The lowest BCUT2D eigenvalue weighted by molar-refractivity contribution is 0.584. The van der Waals surface area contributed by atoms with E-state index >= 15 is 0 Å². The number of aliphatic imine (C=N–C) groups is 1. The van der Waals surface area contributed by atoms with Gasteiger partial charge in [-0.25, -0.2) is 4.98 Å². The van der Waals surface area contributed by atoms with E-state index in [1.807, 2.05) is 72.9 Å². The Morgan fingerprint density at radius 1 is 0.821 bits per heavy atom. The molecule has 0 bridgehead atoms. The highest BCUT2D eigenvalue weighted by molar-refractivity contribution is 6.01. The molecule has 0 aliphatic carbocycles. The molecule has 0 aliphatic heterocycles. The lowest BCUT2D eigenvalue weighted by Crippen LogP contribution is -2.11. The normalized spacial score (nSPS) is 11.8. The highest BCUT2D eigenvalue weighted by Gasteiger charge is 2.21. The van der Waals surface area contributed by atoms with Gasteiger partial charge >= 0.3 is 0 Å². The van der Waals surface area contributed by atoms with Crippen molar-refractivity contribution in [1.29, 1.82) is 5.26 Å². The average Bonchev–Trinajstić information content (AvgIpc) is 3.39. The Balaban J connectivity index is 1.48. The minimum Gasteiger partial charge on any atom is -0.436 e. The first-order valence-corrected chi connectivity index (χ1v) is 13.0. The molecule has 6 rings (SSSR count). The fraction of sp³-hybridized carbons (Fsp3) is 0.114. The van der Waals surface area contributed by atoms with E-state index in [4.69, 9.17) is 14.4 Å². The molecule has 0 aliphatic rings. The Kier molecular flexibility index (Phi) is 6.05. The van der Waals surface area contributed by atoms with Crippen LogP contribution in [-0.4, -0.2) is 11.2 Å². The number of aromatic nitrogens is 1. The molecule has 0 N–H and O–H groups in total. The molecule has 0 amide bonds. The van der Waals surface area contributed by atoms with Crippen LogP contribution >= 0.6 is 0 Å². The summed E-state index contributed by atoms with van der Waals surface area (Å²) in [6.45, 7) is 6.56. The molecular formula is C35H27N3O. The smallest absolute Gasteiger partial charge is 0.229 e. The van der Waals surface area contributed by atoms with Crippen molar-refractivity contribution in [3.05, 3.63) is 120 Å². The van der Waals surface area contributed by atoms with Crippen molar-refractivity contribution in [3.8, 4) is 28.7 Å². The number of benzene rings is 5. The van der Waals surface area contributed by atoms with E-state index in [9.17, 15) is 5.26 Å². The largest absolute Gasteiger partial charge is 0.436 e. The van der Waals surface area contributed by atoms with Gasteiger partial charge in [-0.15, -0.1) is 0 Å². The van der Waals surface area contributed by atoms with E-state index in [0.717, 1.165) is 50.0 Å². The van der Waals surface area contributed by atoms with Crippen LogP contribution in [-0.2, 0) is 5.41 Å². The zero-order valence-corrected chi connectivity index (χ0v) is 22.1. The van der Waals surface area contributed by atoms with E-state index in [1.54, 1.807) is 0 Å². The molecule has 5 aromatic carbocycles. The second-order valence-corrected chi connectivity index (χ2v) is 10.7. The Bertz CT molecular complexity index is 1890. The van der Waals surface area contributed by atoms with Gasteiger partial charge in [-0.05, 0) is 63.7 Å². The Hall–Kier alpha value is -5.01. The molecule has 0 spiro atoms. The molecule has 0 atom stereocenters. The van der Waals surface area contributed by atoms with Crippen LogP contribution in [0.25, 0.3) is 44.5 Å². The van der Waals surface area contributed by atoms with Gasteiger partial charge in [0.1, 0.15) is 5.52 Å². The maximum absolute atomic E-state index is 9.26. The highest BCUT2D eigenvalue weighted by atomic mass is 16.3. The van der Waals surface area contributed by atoms with Crippen LogP contribution < -0.4 is 0 Å². The number of rotatable bonds is 4. The van der Waals surface area contributed by atoms with Crippen molar-refractivity contribution < 1.29 is 4.42 Å². The molecule has 1 heterocycles. The molecule has 1 aromatic heterocycles. The van der Waals surface area contributed by atoms with Crippen molar-refractivity contribution in [2.45, 2.75) is 26.2 Å². The van der Waals surface area contributed by atoms with Gasteiger partial charge < -0.3 is 4.42 Å². The van der Waals surface area contributed by atoms with E-state index in [-0.39, 0.29) is 5.41 Å². The van der Waals surface area contributed by atoms with Crippen LogP contribution in [0.2, 0.25) is 0 Å². The summed E-state index contributed by atoms with van der Waals surface area (Å²) in [7, 11) is 0. The Morgan fingerprint density at radius 2 is 1.56 bits per heavy atom. The number of nitriles is 1. The molecule has 0 saturated carbocycles. The van der Waals surface area contributed by atoms with Crippen LogP contribution in [0.15, 0.2) is 113 Å². The number of oxazole rings is 1. The van der Waals surface area contributed by atoms with Crippen molar-refractivity contribution in [1.82, 2.24) is 4.98 Å². The molecule has 188 valence electrons. The Labute approximate surface area is 227 Å². The van der Waals surface area contributed by atoms with Crippen molar-refractivity contribution in [2.24, 2.45) is 4.99 Å². The number of para-hydroxylation sites is 1. The third kappa shape index (κ3) is 4.71. The number of hydrogen-bond donors (Lipinski definition) is 0. The van der Waals surface area contributed by atoms with E-state index in [0.29, 0.717) is 11.5 Å². The first-order chi connectivity index (χ1) is 18.9. The van der Waals surface area contributed by atoms with Gasteiger partial charge in [0.15, 0.2) is 5.58 Å². The minimum absolute atomic E-state index is 0.0802. The maximum atomic E-state index is 9.26. The van der Waals surface area contributed by atoms with Gasteiger partial charge in [-0.1, -0.05) is 87.5 Å². The van der Waals surface area contributed by atoms with Gasteiger partial charge in [0.05, 0.1) is 22.9 Å². The van der Waals surface area contributed by atoms with Gasteiger partial charge in [-0.2, -0.15) is 5.26 Å². The molecule has 0 fully saturated rings. The van der Waals surface area contributed by atoms with Crippen LogP contribution in [0.5, 0.6) is 0 Å². The summed E-state index contributed by atoms with van der Waals surface area (Å²) in [6.07, 6.45) is 1.91. The van der Waals surface area contributed by atoms with Gasteiger partial charge in [-0.3, -0.25) is 4.99 Å². The summed E-state index contributed by atoms with van der Waals surface area (Å²) < 4.78 is 6.42. The molecular weight excluding hydrogens is 478 g/mol. The molecule has 4 heteroatoms. The van der Waals surface area contributed by atoms with Crippen LogP contribution in [0.3, 0.4) is 0 Å². The molecule has 4 nitrogen and oxygen atoms in total. The number of hydrogen-bond acceptors (Lipinski definition) is 4. The molecule has 39 heavy (non-hydrogen) atoms. The summed E-state index contributed by atoms with van der Waals surface area (Å²) in [6, 6.07) is 36.5. The summed E-state index contributed by atoms with van der Waals surface area (Å²) in [4.78, 5) is 9.86. The second kappa shape index (κ2) is 9.70. The summed E-state index contributed by atoms with van der Waals surface area (Å²) in [5.41, 5.74) is 7.85. The molecule has 6 aromatic rings. The highest BCUT2D eigenvalue weighted by Crippen LogP contribution is 2.38. The monoisotopic (exact) mass is 505 g/mol. The van der Waals surface area contributed by atoms with Gasteiger partial charge in [0.2, 0.25) is 5.89 Å². The fourth-order valence-corrected chi connectivity index (χ4v) is 4.79. The third-order valence-corrected chi connectivity index (χ3v) is 6.99. The molecule has 0 radical (unpaired) electrons. The van der Waals surface area contributed by atoms with Crippen molar-refractivity contribution in [3.63, 3.8) is 0 Å². The number of fused-ring (bicyclic) bond motifs is 2. The van der Waals surface area contributed by atoms with Crippen LogP contribution in [0.4, 0.5) is 5.69 Å². The fourth-order valence-electron chi connectivity index (χ4n) is 4.79. The van der Waals surface area contributed by atoms with Crippen LogP contribution in [0, 0.1) is 11.3 Å². The lowest BCUT2D eigenvalue weighted by Gasteiger charge is -2.20. The van der Waals surface area contributed by atoms with E-state index < -0.39 is 0 Å². The standard InChI is InChI=1S/C35H27N3O/c1-35(2,3)27-19-30(25-17-15-23(21-36)16-18-25)33-32(20-27)39-34(38-33)29-13-6-7-14-31(29)37-22-26-11-8-10-24-9-4-5-12-28(24)26/h4-20,22H,1-3H3. The average molecular weight is 506 g/mol. The quantitative estimate of drug-likeness (QED) is 0.224. The van der Waals surface area contributed by atoms with Crippen LogP contribution in [0.1, 0.15) is 37.5 Å². The SMILES string of the molecule is CC(C)(C)c1cc(-c2ccc(C#N)cc2)c2nc(-c3ccccc3N=Cc3cccc4ccccc34)oc2c1. The van der Waals surface area contributed by atoms with Crippen molar-refractivity contribution in [2.75, 3.05) is 0 Å². The first kappa shape index (κ1) is 24.3. The summed E-state index contributed by atoms with van der Waals surface area (Å²) in [5, 5.41) is 11.6. The zero-order chi connectivity index (χ0) is 27.0. The number of nitrogens with zero attached hydrogens (tertiary/aromatic N) is 3.